The molecule has 7 heteroatoms. The molecule has 0 bridgehead atoms. The summed E-state index contributed by atoms with van der Waals surface area (Å²) in [4.78, 5) is 17.1. The average molecular weight is 276 g/mol. The molecule has 0 saturated carbocycles. The Labute approximate surface area is 113 Å². The summed E-state index contributed by atoms with van der Waals surface area (Å²) in [7, 11) is 0. The number of aliphatic carboxylic acids is 1. The second kappa shape index (κ2) is 4.93. The molecule has 1 N–H and O–H groups in total. The molecule has 2 aromatic heterocycles. The highest BCUT2D eigenvalue weighted by Gasteiger charge is 2.29. The number of aromatic nitrogens is 3. The summed E-state index contributed by atoms with van der Waals surface area (Å²) < 4.78 is 0. The Morgan fingerprint density at radius 2 is 2.32 bits per heavy atom. The van der Waals surface area contributed by atoms with Crippen LogP contribution in [0.3, 0.4) is 0 Å². The largest absolute Gasteiger partial charge is 0.481 e. The number of anilines is 1. The van der Waals surface area contributed by atoms with Gasteiger partial charge in [-0.3, -0.25) is 9.78 Å². The summed E-state index contributed by atoms with van der Waals surface area (Å²) in [6, 6.07) is 5.64. The lowest BCUT2D eigenvalue weighted by Gasteiger charge is -2.12. The third-order valence-electron chi connectivity index (χ3n) is 3.11. The van der Waals surface area contributed by atoms with E-state index >= 15 is 0 Å². The van der Waals surface area contributed by atoms with Crippen molar-refractivity contribution in [2.24, 2.45) is 5.92 Å². The van der Waals surface area contributed by atoms with E-state index in [0.29, 0.717) is 19.5 Å². The van der Waals surface area contributed by atoms with Crippen molar-refractivity contribution in [2.75, 3.05) is 18.0 Å². The van der Waals surface area contributed by atoms with Crippen molar-refractivity contribution in [1.29, 1.82) is 0 Å². The van der Waals surface area contributed by atoms with E-state index in [2.05, 4.69) is 15.2 Å². The van der Waals surface area contributed by atoms with E-state index in [1.54, 1.807) is 6.20 Å². The van der Waals surface area contributed by atoms with Gasteiger partial charge in [-0.05, 0) is 18.6 Å². The maximum absolute atomic E-state index is 10.9. The Bertz CT molecular complexity index is 586. The fourth-order valence-electron chi connectivity index (χ4n) is 2.07. The van der Waals surface area contributed by atoms with Crippen LogP contribution in [0.5, 0.6) is 0 Å². The highest BCUT2D eigenvalue weighted by atomic mass is 32.1. The summed E-state index contributed by atoms with van der Waals surface area (Å²) in [5.74, 6) is -1.04. The molecule has 1 aliphatic rings. The minimum absolute atomic E-state index is 0.304. The summed E-state index contributed by atoms with van der Waals surface area (Å²) in [5.41, 5.74) is 0.792. The second-order valence-electron chi connectivity index (χ2n) is 4.37. The normalized spacial score (nSPS) is 18.7. The molecule has 0 spiro atoms. The number of pyridine rings is 1. The number of nitrogens with zero attached hydrogens (tertiary/aromatic N) is 4. The molecule has 1 saturated heterocycles. The van der Waals surface area contributed by atoms with Crippen molar-refractivity contribution >= 4 is 22.4 Å². The molecule has 1 aliphatic heterocycles. The van der Waals surface area contributed by atoms with Gasteiger partial charge in [-0.15, -0.1) is 10.2 Å². The molecule has 0 aromatic carbocycles. The molecule has 98 valence electrons. The number of carboxylic acids is 1. The second-order valence-corrected chi connectivity index (χ2v) is 5.33. The van der Waals surface area contributed by atoms with Gasteiger partial charge in [0.2, 0.25) is 5.13 Å². The van der Waals surface area contributed by atoms with Crippen LogP contribution in [0.1, 0.15) is 6.42 Å². The van der Waals surface area contributed by atoms with Gasteiger partial charge in [-0.25, -0.2) is 0 Å². The Morgan fingerprint density at radius 3 is 3.00 bits per heavy atom. The van der Waals surface area contributed by atoms with Crippen molar-refractivity contribution < 1.29 is 9.90 Å². The minimum Gasteiger partial charge on any atom is -0.481 e. The van der Waals surface area contributed by atoms with Crippen LogP contribution in [-0.2, 0) is 4.79 Å². The van der Waals surface area contributed by atoms with Gasteiger partial charge in [-0.2, -0.15) is 0 Å². The Kier molecular flexibility index (Phi) is 3.12. The molecule has 0 radical (unpaired) electrons. The highest BCUT2D eigenvalue weighted by molar-refractivity contribution is 7.18. The van der Waals surface area contributed by atoms with E-state index < -0.39 is 5.97 Å². The fourth-order valence-corrected chi connectivity index (χ4v) is 2.93. The Hall–Kier alpha value is -2.02. The van der Waals surface area contributed by atoms with Gasteiger partial charge in [0.1, 0.15) is 5.69 Å². The van der Waals surface area contributed by atoms with Gasteiger partial charge in [0.05, 0.1) is 5.92 Å². The van der Waals surface area contributed by atoms with Gasteiger partial charge in [0.15, 0.2) is 5.01 Å². The summed E-state index contributed by atoms with van der Waals surface area (Å²) >= 11 is 1.45. The maximum atomic E-state index is 10.9. The topological polar surface area (TPSA) is 79.2 Å². The first-order chi connectivity index (χ1) is 9.24. The number of rotatable bonds is 3. The van der Waals surface area contributed by atoms with Gasteiger partial charge in [-0.1, -0.05) is 17.4 Å². The summed E-state index contributed by atoms with van der Waals surface area (Å²) in [6.45, 7) is 1.22. The molecule has 1 atom stereocenters. The first-order valence-corrected chi connectivity index (χ1v) is 6.78. The zero-order chi connectivity index (χ0) is 13.2. The van der Waals surface area contributed by atoms with E-state index in [4.69, 9.17) is 5.11 Å². The third-order valence-corrected chi connectivity index (χ3v) is 4.11. The molecule has 3 heterocycles. The smallest absolute Gasteiger partial charge is 0.308 e. The molecule has 6 nitrogen and oxygen atoms in total. The molecular formula is C12H12N4O2S. The first-order valence-electron chi connectivity index (χ1n) is 5.96. The molecule has 19 heavy (non-hydrogen) atoms. The van der Waals surface area contributed by atoms with Crippen molar-refractivity contribution in [1.82, 2.24) is 15.2 Å². The van der Waals surface area contributed by atoms with E-state index in [0.717, 1.165) is 15.8 Å². The SMILES string of the molecule is O=C(O)C1CCN(c2nnc(-c3ccccn3)s2)C1. The van der Waals surface area contributed by atoms with E-state index in [1.807, 2.05) is 23.1 Å². The van der Waals surface area contributed by atoms with Gasteiger partial charge < -0.3 is 10.0 Å². The predicted octanol–water partition coefficient (Wildman–Crippen LogP) is 1.51. The Balaban J connectivity index is 1.78. The van der Waals surface area contributed by atoms with Gasteiger partial charge in [0, 0.05) is 19.3 Å². The monoisotopic (exact) mass is 276 g/mol. The highest BCUT2D eigenvalue weighted by Crippen LogP contribution is 2.30. The lowest BCUT2D eigenvalue weighted by Crippen LogP contribution is -2.22. The third kappa shape index (κ3) is 2.41. The summed E-state index contributed by atoms with van der Waals surface area (Å²) in [6.07, 6.45) is 2.38. The van der Waals surface area contributed by atoms with Crippen LogP contribution in [0.4, 0.5) is 5.13 Å². The first kappa shape index (κ1) is 12.0. The zero-order valence-corrected chi connectivity index (χ0v) is 10.9. The molecule has 1 fully saturated rings. The lowest BCUT2D eigenvalue weighted by atomic mass is 10.1. The van der Waals surface area contributed by atoms with E-state index in [-0.39, 0.29) is 5.92 Å². The number of carboxylic acid groups (broad SMARTS) is 1. The van der Waals surface area contributed by atoms with E-state index in [1.165, 1.54) is 11.3 Å². The number of hydrogen-bond acceptors (Lipinski definition) is 6. The van der Waals surface area contributed by atoms with Crippen LogP contribution in [0.25, 0.3) is 10.7 Å². The van der Waals surface area contributed by atoms with Crippen LogP contribution in [0.15, 0.2) is 24.4 Å². The molecule has 3 rings (SSSR count). The van der Waals surface area contributed by atoms with Crippen molar-refractivity contribution in [2.45, 2.75) is 6.42 Å². The van der Waals surface area contributed by atoms with E-state index in [9.17, 15) is 4.79 Å². The van der Waals surface area contributed by atoms with Crippen LogP contribution >= 0.6 is 11.3 Å². The molecule has 0 amide bonds. The maximum Gasteiger partial charge on any atom is 0.308 e. The van der Waals surface area contributed by atoms with Gasteiger partial charge >= 0.3 is 5.97 Å². The molecule has 0 aliphatic carbocycles. The average Bonchev–Trinajstić information content (AvgIpc) is 3.09. The molecular weight excluding hydrogens is 264 g/mol. The molecule has 1 unspecified atom stereocenters. The standard InChI is InChI=1S/C12H12N4O2S/c17-11(18)8-4-6-16(7-8)12-15-14-10(19-12)9-3-1-2-5-13-9/h1-3,5,8H,4,6-7H2,(H,17,18). The lowest BCUT2D eigenvalue weighted by molar-refractivity contribution is -0.140. The van der Waals surface area contributed by atoms with Crippen LogP contribution < -0.4 is 4.90 Å². The van der Waals surface area contributed by atoms with Crippen LogP contribution in [-0.4, -0.2) is 39.3 Å². The van der Waals surface area contributed by atoms with Crippen molar-refractivity contribution in [3.05, 3.63) is 24.4 Å². The van der Waals surface area contributed by atoms with Crippen molar-refractivity contribution in [3.8, 4) is 10.7 Å². The minimum atomic E-state index is -0.739. The predicted molar refractivity (Wildman–Crippen MR) is 71.1 cm³/mol. The Morgan fingerprint density at radius 1 is 1.42 bits per heavy atom. The quantitative estimate of drug-likeness (QED) is 0.915. The fraction of sp³-hybridized carbons (Fsp3) is 0.333. The van der Waals surface area contributed by atoms with Crippen LogP contribution in [0.2, 0.25) is 0 Å². The zero-order valence-electron chi connectivity index (χ0n) is 10.1. The van der Waals surface area contributed by atoms with Crippen molar-refractivity contribution in [3.63, 3.8) is 0 Å². The van der Waals surface area contributed by atoms with Gasteiger partial charge in [0.25, 0.3) is 0 Å². The van der Waals surface area contributed by atoms with Crippen LogP contribution in [0, 0.1) is 5.92 Å². The number of carbonyl (C=O) groups is 1. The molecule has 2 aromatic rings. The summed E-state index contributed by atoms with van der Waals surface area (Å²) in [5, 5.41) is 18.8. The number of hydrogen-bond donors (Lipinski definition) is 1.